The van der Waals surface area contributed by atoms with Crippen LogP contribution in [0.15, 0.2) is 47.6 Å². The van der Waals surface area contributed by atoms with Crippen molar-refractivity contribution in [3.05, 3.63) is 53.1 Å². The average molecular weight is 390 g/mol. The zero-order chi connectivity index (χ0) is 18.2. The first-order chi connectivity index (χ1) is 11.2. The molecule has 5 heteroatoms. The zero-order valence-corrected chi connectivity index (χ0v) is 16.5. The lowest BCUT2D eigenvalue weighted by atomic mass is 10.1. The molecule has 0 atom stereocenters. The Morgan fingerprint density at radius 1 is 1.12 bits per heavy atom. The van der Waals surface area contributed by atoms with Crippen molar-refractivity contribution in [2.45, 2.75) is 43.8 Å². The lowest BCUT2D eigenvalue weighted by Crippen LogP contribution is -2.01. The van der Waals surface area contributed by atoms with Gasteiger partial charge in [0.15, 0.2) is 9.58 Å². The van der Waals surface area contributed by atoms with Crippen molar-refractivity contribution in [1.29, 1.82) is 0 Å². The number of ether oxygens (including phenoxy) is 1. The van der Waals surface area contributed by atoms with Gasteiger partial charge in [0.1, 0.15) is 12.4 Å². The number of carbonyl (C=O) groups is 1. The van der Waals surface area contributed by atoms with E-state index in [1.165, 1.54) is 5.57 Å². The number of rotatable bonds is 8. The van der Waals surface area contributed by atoms with E-state index in [0.29, 0.717) is 24.3 Å². The molecule has 1 aromatic rings. The minimum absolute atomic E-state index is 0.0317. The van der Waals surface area contributed by atoms with E-state index in [0.717, 1.165) is 18.4 Å². The van der Waals surface area contributed by atoms with Crippen LogP contribution in [0.2, 0.25) is 0 Å². The number of hydrogen-bond acceptors (Lipinski definition) is 2. The summed E-state index contributed by atoms with van der Waals surface area (Å²) in [5, 5.41) is 0. The number of halogens is 3. The summed E-state index contributed by atoms with van der Waals surface area (Å²) < 4.78 is 4.44. The quantitative estimate of drug-likeness (QED) is 0.281. The van der Waals surface area contributed by atoms with Crippen LogP contribution < -0.4 is 4.74 Å². The normalized spacial score (nSPS) is 13.1. The molecule has 1 rings (SSSR count). The second-order valence-electron chi connectivity index (χ2n) is 5.83. The molecule has 0 amide bonds. The number of ketones is 1. The molecular formula is C19H23Cl3O2. The van der Waals surface area contributed by atoms with Crippen LogP contribution in [0.4, 0.5) is 0 Å². The van der Waals surface area contributed by atoms with Crippen LogP contribution in [0.5, 0.6) is 5.75 Å². The van der Waals surface area contributed by atoms with Crippen molar-refractivity contribution in [1.82, 2.24) is 0 Å². The summed E-state index contributed by atoms with van der Waals surface area (Å²) in [4.78, 5) is 11.3. The fraction of sp³-hybridized carbons (Fsp3) is 0.421. The molecule has 0 radical (unpaired) electrons. The van der Waals surface area contributed by atoms with Gasteiger partial charge in [-0.25, -0.2) is 0 Å². The van der Waals surface area contributed by atoms with Gasteiger partial charge in [0, 0.05) is 12.0 Å². The highest BCUT2D eigenvalue weighted by Gasteiger charge is 2.19. The third kappa shape index (κ3) is 9.36. The highest BCUT2D eigenvalue weighted by atomic mass is 35.6. The highest BCUT2D eigenvalue weighted by molar-refractivity contribution is 6.67. The first-order valence-corrected chi connectivity index (χ1v) is 8.92. The van der Waals surface area contributed by atoms with Crippen LogP contribution in [0.3, 0.4) is 0 Å². The predicted molar refractivity (Wildman–Crippen MR) is 104 cm³/mol. The molecule has 0 N–H and O–H groups in total. The van der Waals surface area contributed by atoms with Crippen LogP contribution in [0, 0.1) is 0 Å². The third-order valence-electron chi connectivity index (χ3n) is 3.43. The number of allylic oxidation sites excluding steroid dienone is 3. The summed E-state index contributed by atoms with van der Waals surface area (Å²) in [6, 6.07) is 7.20. The molecule has 0 fully saturated rings. The summed E-state index contributed by atoms with van der Waals surface area (Å²) in [7, 11) is 0. The van der Waals surface area contributed by atoms with Crippen LogP contribution >= 0.6 is 34.8 Å². The molecule has 0 aromatic heterocycles. The smallest absolute Gasteiger partial charge is 0.194 e. The Morgan fingerprint density at radius 2 is 1.83 bits per heavy atom. The van der Waals surface area contributed by atoms with Crippen molar-refractivity contribution < 1.29 is 9.53 Å². The fourth-order valence-corrected chi connectivity index (χ4v) is 2.75. The van der Waals surface area contributed by atoms with Gasteiger partial charge < -0.3 is 4.74 Å². The number of alkyl halides is 3. The summed E-state index contributed by atoms with van der Waals surface area (Å²) in [5.74, 6) is 0.731. The number of benzene rings is 1. The van der Waals surface area contributed by atoms with E-state index in [1.807, 2.05) is 25.1 Å². The van der Waals surface area contributed by atoms with E-state index in [-0.39, 0.29) is 5.78 Å². The van der Waals surface area contributed by atoms with Gasteiger partial charge >= 0.3 is 0 Å². The molecule has 0 saturated heterocycles. The van der Waals surface area contributed by atoms with Gasteiger partial charge in [-0.05, 0) is 51.8 Å². The molecule has 0 saturated carbocycles. The number of Topliss-reactive ketones (excluding diaryl/α,β-unsaturated/α-hetero) is 1. The molecule has 0 spiro atoms. The van der Waals surface area contributed by atoms with E-state index in [2.05, 4.69) is 13.0 Å². The monoisotopic (exact) mass is 388 g/mol. The third-order valence-corrected chi connectivity index (χ3v) is 3.83. The Kier molecular flexibility index (Phi) is 8.90. The summed E-state index contributed by atoms with van der Waals surface area (Å²) in [5.41, 5.74) is 2.96. The van der Waals surface area contributed by atoms with E-state index in [4.69, 9.17) is 39.5 Å². The van der Waals surface area contributed by atoms with Gasteiger partial charge in [0.2, 0.25) is 0 Å². The molecule has 0 aliphatic heterocycles. The van der Waals surface area contributed by atoms with Gasteiger partial charge in [-0.2, -0.15) is 0 Å². The summed E-state index contributed by atoms with van der Waals surface area (Å²) in [6.07, 6.45) is 6.40. The van der Waals surface area contributed by atoms with Gasteiger partial charge in [-0.3, -0.25) is 4.79 Å². The fourth-order valence-electron chi connectivity index (χ4n) is 2.12. The summed E-state index contributed by atoms with van der Waals surface area (Å²) >= 11 is 17.3. The van der Waals surface area contributed by atoms with Gasteiger partial charge in [0.25, 0.3) is 0 Å². The maximum absolute atomic E-state index is 11.3. The lowest BCUT2D eigenvalue weighted by Gasteiger charge is -2.10. The van der Waals surface area contributed by atoms with E-state index in [9.17, 15) is 4.79 Å². The van der Waals surface area contributed by atoms with E-state index in [1.54, 1.807) is 19.1 Å². The van der Waals surface area contributed by atoms with Crippen LogP contribution in [0.1, 0.15) is 50.4 Å². The lowest BCUT2D eigenvalue weighted by molar-refractivity contribution is 0.101. The van der Waals surface area contributed by atoms with Crippen LogP contribution in [-0.2, 0) is 0 Å². The molecule has 2 nitrogen and oxygen atoms in total. The van der Waals surface area contributed by atoms with E-state index < -0.39 is 3.79 Å². The maximum atomic E-state index is 11.3. The topological polar surface area (TPSA) is 26.3 Å². The SMILES string of the molecule is CC(=O)c1cccc(OCC=C(C)CCC=C(C)CC(Cl)(Cl)Cl)c1. The predicted octanol–water partition coefficient (Wildman–Crippen LogP) is 6.70. The first-order valence-electron chi connectivity index (χ1n) is 7.79. The molecule has 0 bridgehead atoms. The standard InChI is InChI=1S/C19H23Cl3O2/c1-14(6-4-7-15(2)13-19(20,21)22)10-11-24-18-9-5-8-17(12-18)16(3)23/h5,7-10,12H,4,6,11,13H2,1-3H3. The number of carbonyl (C=O) groups excluding carboxylic acids is 1. The van der Waals surface area contributed by atoms with Crippen molar-refractivity contribution in [2.75, 3.05) is 6.61 Å². The molecule has 0 aliphatic carbocycles. The largest absolute Gasteiger partial charge is 0.490 e. The molecule has 0 unspecified atom stereocenters. The molecule has 0 aliphatic rings. The molecule has 1 aromatic carbocycles. The average Bonchev–Trinajstić information content (AvgIpc) is 2.45. The van der Waals surface area contributed by atoms with Gasteiger partial charge in [-0.1, -0.05) is 64.2 Å². The van der Waals surface area contributed by atoms with Crippen molar-refractivity contribution in [2.24, 2.45) is 0 Å². The van der Waals surface area contributed by atoms with Gasteiger partial charge in [-0.15, -0.1) is 0 Å². The Labute approximate surface area is 159 Å². The highest BCUT2D eigenvalue weighted by Crippen LogP contribution is 2.33. The zero-order valence-electron chi connectivity index (χ0n) is 14.2. The van der Waals surface area contributed by atoms with E-state index >= 15 is 0 Å². The Balaban J connectivity index is 2.41. The van der Waals surface area contributed by atoms with Crippen molar-refractivity contribution in [3.8, 4) is 5.75 Å². The molecule has 0 heterocycles. The van der Waals surface area contributed by atoms with Crippen LogP contribution in [-0.4, -0.2) is 16.2 Å². The maximum Gasteiger partial charge on any atom is 0.194 e. The number of hydrogen-bond donors (Lipinski definition) is 0. The van der Waals surface area contributed by atoms with Crippen LogP contribution in [0.25, 0.3) is 0 Å². The minimum atomic E-state index is -1.23. The Morgan fingerprint density at radius 3 is 2.46 bits per heavy atom. The molecule has 24 heavy (non-hydrogen) atoms. The summed E-state index contributed by atoms with van der Waals surface area (Å²) in [6.45, 7) is 6.05. The van der Waals surface area contributed by atoms with Crippen molar-refractivity contribution in [3.63, 3.8) is 0 Å². The van der Waals surface area contributed by atoms with Gasteiger partial charge in [0.05, 0.1) is 0 Å². The Hall–Kier alpha value is -0.960. The molecule has 132 valence electrons. The minimum Gasteiger partial charge on any atom is -0.490 e. The second kappa shape index (κ2) is 10.1. The first kappa shape index (κ1) is 21.1. The van der Waals surface area contributed by atoms with Crippen molar-refractivity contribution >= 4 is 40.6 Å². The second-order valence-corrected chi connectivity index (χ2v) is 8.34. The molecular weight excluding hydrogens is 367 g/mol. The Bertz CT molecular complexity index is 613.